The van der Waals surface area contributed by atoms with Gasteiger partial charge >= 0.3 is 0 Å². The lowest BCUT2D eigenvalue weighted by atomic mass is 9.99. The number of unbranched alkanes of at least 4 members (excludes halogenated alkanes) is 1. The van der Waals surface area contributed by atoms with Crippen LogP contribution < -0.4 is 11.1 Å². The predicted molar refractivity (Wildman–Crippen MR) is 136 cm³/mol. The molecule has 0 spiro atoms. The van der Waals surface area contributed by atoms with E-state index in [4.69, 9.17) is 15.8 Å². The number of aromatic nitrogens is 2. The number of anilines is 1. The zero-order valence-corrected chi connectivity index (χ0v) is 20.5. The molecule has 4 N–H and O–H groups in total. The summed E-state index contributed by atoms with van der Waals surface area (Å²) in [6.45, 7) is 2.12. The molecular formula is C23H24N4O3S3. The lowest BCUT2D eigenvalue weighted by Crippen LogP contribution is -2.26. The van der Waals surface area contributed by atoms with Crippen LogP contribution in [0, 0.1) is 0 Å². The summed E-state index contributed by atoms with van der Waals surface area (Å²) in [4.78, 5) is 22.3. The van der Waals surface area contributed by atoms with Crippen molar-refractivity contribution in [3.63, 3.8) is 0 Å². The van der Waals surface area contributed by atoms with Crippen LogP contribution in [0.3, 0.4) is 0 Å². The minimum atomic E-state index is -1.20. The summed E-state index contributed by atoms with van der Waals surface area (Å²) in [6.07, 6.45) is 3.54. The molecule has 4 rings (SSSR count). The van der Waals surface area contributed by atoms with Gasteiger partial charge in [0.15, 0.2) is 0 Å². The highest BCUT2D eigenvalue weighted by atomic mass is 32.2. The molecule has 1 aromatic carbocycles. The summed E-state index contributed by atoms with van der Waals surface area (Å²) in [6, 6.07) is 9.15. The van der Waals surface area contributed by atoms with Crippen LogP contribution in [0.25, 0.3) is 32.0 Å². The second-order valence-electron chi connectivity index (χ2n) is 7.34. The molecule has 7 nitrogen and oxygen atoms in total. The normalized spacial score (nSPS) is 12.2. The quantitative estimate of drug-likeness (QED) is 0.294. The van der Waals surface area contributed by atoms with Crippen LogP contribution in [-0.4, -0.2) is 44.4 Å². The Hall–Kier alpha value is -2.50. The van der Waals surface area contributed by atoms with E-state index in [0.29, 0.717) is 31.7 Å². The van der Waals surface area contributed by atoms with Gasteiger partial charge in [0, 0.05) is 29.1 Å². The third-order valence-corrected chi connectivity index (χ3v) is 8.83. The van der Waals surface area contributed by atoms with Crippen LogP contribution in [0.4, 0.5) is 5.69 Å². The molecule has 0 saturated heterocycles. The van der Waals surface area contributed by atoms with Gasteiger partial charge in [-0.15, -0.1) is 11.3 Å². The monoisotopic (exact) mass is 500 g/mol. The number of carbonyl (C=O) groups excluding carboxylic acids is 1. The zero-order valence-electron chi connectivity index (χ0n) is 18.0. The Morgan fingerprint density at radius 3 is 2.91 bits per heavy atom. The number of hydrogen-bond acceptors (Lipinski definition) is 8. The van der Waals surface area contributed by atoms with Crippen LogP contribution in [0.5, 0.6) is 0 Å². The van der Waals surface area contributed by atoms with Gasteiger partial charge in [0.25, 0.3) is 5.91 Å². The number of pyridine rings is 1. The third-order valence-electron chi connectivity index (χ3n) is 5.04. The van der Waals surface area contributed by atoms with Crippen LogP contribution in [0.2, 0.25) is 0 Å². The Balaban J connectivity index is 1.87. The number of nitrogen functional groups attached to an aromatic ring is 1. The fourth-order valence-corrected chi connectivity index (χ4v) is 6.82. The summed E-state index contributed by atoms with van der Waals surface area (Å²) >= 11 is 1.65. The van der Waals surface area contributed by atoms with E-state index < -0.39 is 11.2 Å². The Bertz CT molecular complexity index is 1260. The summed E-state index contributed by atoms with van der Waals surface area (Å²) in [5.41, 5.74) is 9.81. The first-order valence-corrected chi connectivity index (χ1v) is 13.6. The fraction of sp³-hybridized carbons (Fsp3) is 0.261. The summed E-state index contributed by atoms with van der Waals surface area (Å²) in [5.74, 6) is 0.291. The molecule has 0 fully saturated rings. The molecule has 3 aromatic heterocycles. The molecule has 0 saturated carbocycles. The Kier molecular flexibility index (Phi) is 7.61. The number of nitrogens with zero attached hydrogens (tertiary/aromatic N) is 2. The van der Waals surface area contributed by atoms with Crippen molar-refractivity contribution in [3.8, 4) is 21.8 Å². The Labute approximate surface area is 202 Å². The summed E-state index contributed by atoms with van der Waals surface area (Å²) < 4.78 is 13.6. The maximum absolute atomic E-state index is 12.9. The van der Waals surface area contributed by atoms with Crippen LogP contribution >= 0.6 is 22.7 Å². The smallest absolute Gasteiger partial charge is 0.251 e. The molecule has 1 atom stereocenters. The highest BCUT2D eigenvalue weighted by molar-refractivity contribution is 7.93. The molecule has 1 unspecified atom stereocenters. The number of thiophene rings is 1. The predicted octanol–water partition coefficient (Wildman–Crippen LogP) is 4.30. The lowest BCUT2D eigenvalue weighted by molar-refractivity contribution is 0.0945. The van der Waals surface area contributed by atoms with Gasteiger partial charge in [-0.3, -0.25) is 4.79 Å². The van der Waals surface area contributed by atoms with Crippen molar-refractivity contribution >= 4 is 55.7 Å². The molecule has 172 valence electrons. The highest BCUT2D eigenvalue weighted by Gasteiger charge is 2.25. The van der Waals surface area contributed by atoms with E-state index in [1.54, 1.807) is 24.4 Å². The number of thiazole rings is 1. The zero-order chi connectivity index (χ0) is 23.4. The SMILES string of the molecule is CCCC[S+]([O-])c1sc2nc(-c3nccs3)cc(-c3cccc(C(=O)NCCO)c3)c2c1N. The van der Waals surface area contributed by atoms with Gasteiger partial charge < -0.3 is 20.7 Å². The molecular weight excluding hydrogens is 476 g/mol. The number of nitrogens with one attached hydrogen (secondary N) is 1. The number of rotatable bonds is 9. The van der Waals surface area contributed by atoms with Crippen molar-refractivity contribution in [1.82, 2.24) is 15.3 Å². The lowest BCUT2D eigenvalue weighted by Gasteiger charge is -2.10. The number of aliphatic hydroxyl groups is 1. The molecule has 4 aromatic rings. The number of fused-ring (bicyclic) bond motifs is 1. The van der Waals surface area contributed by atoms with E-state index in [0.717, 1.165) is 34.4 Å². The van der Waals surface area contributed by atoms with Crippen LogP contribution in [0.15, 0.2) is 46.1 Å². The second kappa shape index (κ2) is 10.6. The molecule has 0 aliphatic carbocycles. The maximum atomic E-state index is 12.9. The van der Waals surface area contributed by atoms with Crippen molar-refractivity contribution in [2.75, 3.05) is 24.6 Å². The fourth-order valence-electron chi connectivity index (χ4n) is 3.42. The van der Waals surface area contributed by atoms with Gasteiger partial charge in [0.2, 0.25) is 4.21 Å². The van der Waals surface area contributed by atoms with Gasteiger partial charge in [0.1, 0.15) is 27.0 Å². The summed E-state index contributed by atoms with van der Waals surface area (Å²) in [5, 5.41) is 15.1. The van der Waals surface area contributed by atoms with E-state index in [1.807, 2.05) is 17.5 Å². The summed E-state index contributed by atoms with van der Waals surface area (Å²) in [7, 11) is 0. The van der Waals surface area contributed by atoms with Gasteiger partial charge in [0.05, 0.1) is 6.61 Å². The van der Waals surface area contributed by atoms with E-state index in [9.17, 15) is 9.35 Å². The van der Waals surface area contributed by atoms with Crippen LogP contribution in [0.1, 0.15) is 30.1 Å². The Morgan fingerprint density at radius 1 is 1.33 bits per heavy atom. The molecule has 0 aliphatic heterocycles. The van der Waals surface area contributed by atoms with Crippen molar-refractivity contribution in [2.45, 2.75) is 24.0 Å². The number of benzene rings is 1. The van der Waals surface area contributed by atoms with Gasteiger partial charge in [-0.1, -0.05) is 36.8 Å². The van der Waals surface area contributed by atoms with E-state index >= 15 is 0 Å². The second-order valence-corrected chi connectivity index (χ2v) is 11.0. The number of hydrogen-bond donors (Lipinski definition) is 3. The third kappa shape index (κ3) is 5.04. The number of carbonyl (C=O) groups is 1. The van der Waals surface area contributed by atoms with Gasteiger partial charge in [-0.05, 0) is 46.9 Å². The number of aliphatic hydroxyl groups excluding tert-OH is 1. The van der Waals surface area contributed by atoms with Crippen molar-refractivity contribution in [3.05, 3.63) is 47.5 Å². The Morgan fingerprint density at radius 2 is 2.18 bits per heavy atom. The van der Waals surface area contributed by atoms with Crippen molar-refractivity contribution in [2.24, 2.45) is 0 Å². The molecule has 0 aliphatic rings. The minimum absolute atomic E-state index is 0.128. The van der Waals surface area contributed by atoms with Crippen LogP contribution in [-0.2, 0) is 11.2 Å². The first-order valence-electron chi connectivity index (χ1n) is 10.5. The topological polar surface area (TPSA) is 124 Å². The van der Waals surface area contributed by atoms with Gasteiger partial charge in [-0.2, -0.15) is 0 Å². The maximum Gasteiger partial charge on any atom is 0.251 e. The van der Waals surface area contributed by atoms with Crippen molar-refractivity contribution < 1.29 is 14.5 Å². The first kappa shape index (κ1) is 23.7. The average Bonchev–Trinajstić information content (AvgIpc) is 3.49. The molecule has 3 heterocycles. The number of amides is 1. The van der Waals surface area contributed by atoms with E-state index in [2.05, 4.69) is 17.2 Å². The standard InChI is InChI=1S/C23H24N4O3S3/c1-2-3-11-33(30)23-19(24)18-16(13-17(27-22(18)32-23)21-26-8-10-31-21)14-5-4-6-15(12-14)20(29)25-7-9-28/h4-6,8,10,12-13,28H,2-3,7,9,11,24H2,1H3,(H,25,29). The largest absolute Gasteiger partial charge is 0.611 e. The van der Waals surface area contributed by atoms with Gasteiger partial charge in [-0.25, -0.2) is 9.97 Å². The molecule has 10 heteroatoms. The van der Waals surface area contributed by atoms with Crippen molar-refractivity contribution in [1.29, 1.82) is 0 Å². The molecule has 0 radical (unpaired) electrons. The number of nitrogens with two attached hydrogens (primary N) is 1. The van der Waals surface area contributed by atoms with E-state index in [-0.39, 0.29) is 19.1 Å². The highest BCUT2D eigenvalue weighted by Crippen LogP contribution is 2.43. The minimum Gasteiger partial charge on any atom is -0.611 e. The molecule has 1 amide bonds. The van der Waals surface area contributed by atoms with E-state index in [1.165, 1.54) is 22.7 Å². The molecule has 0 bridgehead atoms. The first-order chi connectivity index (χ1) is 16.0. The molecule has 33 heavy (non-hydrogen) atoms. The average molecular weight is 501 g/mol.